The molecule has 0 saturated heterocycles. The van der Waals surface area contributed by atoms with E-state index in [1.165, 1.54) is 0 Å². The molecule has 3 aromatic rings. The highest BCUT2D eigenvalue weighted by atomic mass is 35.5. The van der Waals surface area contributed by atoms with Crippen molar-refractivity contribution in [2.75, 3.05) is 5.32 Å². The number of hydrogen-bond donors (Lipinski definition) is 1. The van der Waals surface area contributed by atoms with E-state index in [0.717, 1.165) is 22.0 Å². The molecule has 1 amide bonds. The van der Waals surface area contributed by atoms with E-state index in [-0.39, 0.29) is 5.91 Å². The molecule has 0 aromatic heterocycles. The lowest BCUT2D eigenvalue weighted by Gasteiger charge is -2.09. The summed E-state index contributed by atoms with van der Waals surface area (Å²) in [6.45, 7) is 0. The van der Waals surface area contributed by atoms with Crippen molar-refractivity contribution in [1.29, 1.82) is 0 Å². The van der Waals surface area contributed by atoms with Crippen molar-refractivity contribution in [2.24, 2.45) is 0 Å². The van der Waals surface area contributed by atoms with Crippen LogP contribution in [0.2, 0.25) is 5.02 Å². The quantitative estimate of drug-likeness (QED) is 0.716. The molecule has 0 atom stereocenters. The average Bonchev–Trinajstić information content (AvgIpc) is 2.53. The summed E-state index contributed by atoms with van der Waals surface area (Å²) < 4.78 is 0. The predicted octanol–water partition coefficient (Wildman–Crippen LogP) is 5.06. The van der Waals surface area contributed by atoms with Gasteiger partial charge in [0.25, 0.3) is 0 Å². The van der Waals surface area contributed by atoms with Gasteiger partial charge < -0.3 is 5.32 Å². The van der Waals surface area contributed by atoms with E-state index in [1.807, 2.05) is 66.7 Å². The number of nitrogens with one attached hydrogen (secondary N) is 1. The number of fused-ring (bicyclic) bond motifs is 1. The van der Waals surface area contributed by atoms with Gasteiger partial charge in [0.05, 0.1) is 0 Å². The Morgan fingerprint density at radius 1 is 0.955 bits per heavy atom. The van der Waals surface area contributed by atoms with Gasteiger partial charge in [-0.3, -0.25) is 4.79 Å². The second-order valence-electron chi connectivity index (χ2n) is 5.20. The van der Waals surface area contributed by atoms with E-state index in [2.05, 4.69) is 5.32 Å². The molecule has 0 aliphatic heterocycles. The number of rotatable bonds is 4. The molecule has 110 valence electrons. The summed E-state index contributed by atoms with van der Waals surface area (Å²) in [5.41, 5.74) is 1.93. The van der Waals surface area contributed by atoms with Crippen molar-refractivity contribution in [3.63, 3.8) is 0 Å². The van der Waals surface area contributed by atoms with E-state index in [9.17, 15) is 4.79 Å². The maximum atomic E-state index is 12.2. The summed E-state index contributed by atoms with van der Waals surface area (Å²) in [6, 6.07) is 21.6. The zero-order chi connectivity index (χ0) is 15.4. The van der Waals surface area contributed by atoms with Gasteiger partial charge in [0.2, 0.25) is 5.91 Å². The third-order valence-corrected chi connectivity index (χ3v) is 3.83. The fraction of sp³-hybridized carbons (Fsp3) is 0.105. The number of hydrogen-bond acceptors (Lipinski definition) is 1. The van der Waals surface area contributed by atoms with E-state index >= 15 is 0 Å². The van der Waals surface area contributed by atoms with Crippen LogP contribution in [0.1, 0.15) is 12.0 Å². The van der Waals surface area contributed by atoms with Crippen LogP contribution in [0.25, 0.3) is 10.8 Å². The van der Waals surface area contributed by atoms with Crippen LogP contribution in [0.5, 0.6) is 0 Å². The van der Waals surface area contributed by atoms with E-state index in [0.29, 0.717) is 17.9 Å². The molecule has 22 heavy (non-hydrogen) atoms. The fourth-order valence-electron chi connectivity index (χ4n) is 2.50. The summed E-state index contributed by atoms with van der Waals surface area (Å²) >= 11 is 5.95. The van der Waals surface area contributed by atoms with Crippen molar-refractivity contribution in [1.82, 2.24) is 0 Å². The molecule has 1 N–H and O–H groups in total. The Hall–Kier alpha value is -2.32. The minimum absolute atomic E-state index is 0.0105. The summed E-state index contributed by atoms with van der Waals surface area (Å²) in [7, 11) is 0. The molecular formula is C19H16ClNO. The summed E-state index contributed by atoms with van der Waals surface area (Å²) in [5.74, 6) is 0.0105. The number of halogens is 1. The Morgan fingerprint density at radius 2 is 1.73 bits per heavy atom. The van der Waals surface area contributed by atoms with Gasteiger partial charge in [0.1, 0.15) is 0 Å². The van der Waals surface area contributed by atoms with Crippen LogP contribution in [-0.4, -0.2) is 5.91 Å². The average molecular weight is 310 g/mol. The Labute approximate surface area is 134 Å². The molecule has 0 radical (unpaired) electrons. The van der Waals surface area contributed by atoms with Crippen LogP contribution >= 0.6 is 11.6 Å². The number of amides is 1. The maximum absolute atomic E-state index is 12.2. The SMILES string of the molecule is O=C(CCc1cccc(Cl)c1)Nc1cccc2ccccc12. The van der Waals surface area contributed by atoms with E-state index in [1.54, 1.807) is 0 Å². The number of carbonyl (C=O) groups is 1. The van der Waals surface area contributed by atoms with Crippen LogP contribution in [0.4, 0.5) is 5.69 Å². The molecule has 0 unspecified atom stereocenters. The topological polar surface area (TPSA) is 29.1 Å². The number of benzene rings is 3. The first-order valence-corrected chi connectivity index (χ1v) is 7.62. The molecule has 3 heteroatoms. The maximum Gasteiger partial charge on any atom is 0.224 e. The Bertz CT molecular complexity index is 808. The van der Waals surface area contributed by atoms with Crippen molar-refractivity contribution < 1.29 is 4.79 Å². The van der Waals surface area contributed by atoms with Gasteiger partial charge in [-0.15, -0.1) is 0 Å². The monoisotopic (exact) mass is 309 g/mol. The second kappa shape index (κ2) is 6.63. The minimum atomic E-state index is 0.0105. The second-order valence-corrected chi connectivity index (χ2v) is 5.64. The lowest BCUT2D eigenvalue weighted by Crippen LogP contribution is -2.12. The summed E-state index contributed by atoms with van der Waals surface area (Å²) in [6.07, 6.45) is 1.11. The van der Waals surface area contributed by atoms with Gasteiger partial charge in [-0.2, -0.15) is 0 Å². The van der Waals surface area contributed by atoms with Gasteiger partial charge >= 0.3 is 0 Å². The summed E-state index contributed by atoms with van der Waals surface area (Å²) in [5, 5.41) is 5.88. The number of carbonyl (C=O) groups excluding carboxylic acids is 1. The van der Waals surface area contributed by atoms with Crippen molar-refractivity contribution in [3.05, 3.63) is 77.3 Å². The first-order chi connectivity index (χ1) is 10.7. The van der Waals surface area contributed by atoms with Crippen LogP contribution in [0.3, 0.4) is 0 Å². The van der Waals surface area contributed by atoms with Crippen LogP contribution in [0.15, 0.2) is 66.7 Å². The summed E-state index contributed by atoms with van der Waals surface area (Å²) in [4.78, 5) is 12.2. The Balaban J connectivity index is 1.68. The van der Waals surface area contributed by atoms with Gasteiger partial charge in [0, 0.05) is 22.5 Å². The zero-order valence-corrected chi connectivity index (χ0v) is 12.8. The Kier molecular flexibility index (Phi) is 4.40. The Morgan fingerprint density at radius 3 is 2.59 bits per heavy atom. The molecule has 3 aromatic carbocycles. The predicted molar refractivity (Wildman–Crippen MR) is 92.4 cm³/mol. The highest BCUT2D eigenvalue weighted by Gasteiger charge is 2.06. The van der Waals surface area contributed by atoms with E-state index in [4.69, 9.17) is 11.6 Å². The highest BCUT2D eigenvalue weighted by Crippen LogP contribution is 2.23. The molecule has 0 aliphatic rings. The van der Waals surface area contributed by atoms with Gasteiger partial charge in [-0.05, 0) is 35.6 Å². The molecule has 3 rings (SSSR count). The van der Waals surface area contributed by atoms with Gasteiger partial charge in [-0.25, -0.2) is 0 Å². The molecule has 0 aliphatic carbocycles. The first-order valence-electron chi connectivity index (χ1n) is 7.24. The third-order valence-electron chi connectivity index (χ3n) is 3.59. The highest BCUT2D eigenvalue weighted by molar-refractivity contribution is 6.30. The van der Waals surface area contributed by atoms with Crippen LogP contribution in [-0.2, 0) is 11.2 Å². The van der Waals surface area contributed by atoms with Gasteiger partial charge in [-0.1, -0.05) is 60.1 Å². The van der Waals surface area contributed by atoms with E-state index < -0.39 is 0 Å². The number of aryl methyl sites for hydroxylation is 1. The number of anilines is 1. The van der Waals surface area contributed by atoms with Crippen molar-refractivity contribution in [3.8, 4) is 0 Å². The lowest BCUT2D eigenvalue weighted by atomic mass is 10.1. The minimum Gasteiger partial charge on any atom is -0.326 e. The molecule has 0 heterocycles. The normalized spacial score (nSPS) is 10.6. The van der Waals surface area contributed by atoms with Gasteiger partial charge in [0.15, 0.2) is 0 Å². The standard InChI is InChI=1S/C19H16ClNO/c20-16-8-3-5-14(13-16)11-12-19(22)21-18-10-4-7-15-6-1-2-9-17(15)18/h1-10,13H,11-12H2,(H,21,22). The van der Waals surface area contributed by atoms with Crippen molar-refractivity contribution in [2.45, 2.75) is 12.8 Å². The molecule has 0 spiro atoms. The third kappa shape index (κ3) is 3.46. The fourth-order valence-corrected chi connectivity index (χ4v) is 2.71. The smallest absolute Gasteiger partial charge is 0.224 e. The molecule has 0 bridgehead atoms. The molecule has 2 nitrogen and oxygen atoms in total. The van der Waals surface area contributed by atoms with Crippen LogP contribution < -0.4 is 5.32 Å². The molecule has 0 saturated carbocycles. The first kappa shape index (κ1) is 14.6. The lowest BCUT2D eigenvalue weighted by molar-refractivity contribution is -0.116. The molecule has 0 fully saturated rings. The van der Waals surface area contributed by atoms with Crippen LogP contribution in [0, 0.1) is 0 Å². The van der Waals surface area contributed by atoms with Crippen molar-refractivity contribution >= 4 is 34.0 Å². The zero-order valence-electron chi connectivity index (χ0n) is 12.1. The largest absolute Gasteiger partial charge is 0.326 e. The molecular weight excluding hydrogens is 294 g/mol.